The van der Waals surface area contributed by atoms with Crippen LogP contribution in [0.15, 0.2) is 30.3 Å². The topological polar surface area (TPSA) is 41.9 Å². The molecule has 0 bridgehead atoms. The second kappa shape index (κ2) is 9.08. The summed E-state index contributed by atoms with van der Waals surface area (Å²) in [6.45, 7) is 5.54. The third-order valence-electron chi connectivity index (χ3n) is 3.36. The Morgan fingerprint density at radius 1 is 1.05 bits per heavy atom. The van der Waals surface area contributed by atoms with Gasteiger partial charge < -0.3 is 14.6 Å². The van der Waals surface area contributed by atoms with Gasteiger partial charge in [-0.25, -0.2) is 0 Å². The fraction of sp³-hybridized carbons (Fsp3) is 0.625. The van der Waals surface area contributed by atoms with Gasteiger partial charge in [0.05, 0.1) is 12.2 Å². The molecule has 0 amide bonds. The standard InChI is InChI=1S/C16H27NO3/c1-16(18,15-8-5-4-6-9-15)14-17(11-13-20-3)10-7-12-19-2/h4-6,8-9,18H,7,10-14H2,1-3H3. The van der Waals surface area contributed by atoms with Crippen LogP contribution in [-0.2, 0) is 15.1 Å². The van der Waals surface area contributed by atoms with Crippen LogP contribution in [0.3, 0.4) is 0 Å². The third kappa shape index (κ3) is 6.01. The number of hydrogen-bond acceptors (Lipinski definition) is 4. The van der Waals surface area contributed by atoms with E-state index in [0.717, 1.165) is 31.7 Å². The zero-order valence-electron chi connectivity index (χ0n) is 12.8. The van der Waals surface area contributed by atoms with Crippen molar-refractivity contribution in [1.29, 1.82) is 0 Å². The molecular weight excluding hydrogens is 254 g/mol. The lowest BCUT2D eigenvalue weighted by Crippen LogP contribution is -2.41. The summed E-state index contributed by atoms with van der Waals surface area (Å²) in [5.74, 6) is 0. The Hall–Kier alpha value is -0.940. The Balaban J connectivity index is 2.61. The number of ether oxygens (including phenoxy) is 2. The van der Waals surface area contributed by atoms with Gasteiger partial charge in [0.15, 0.2) is 0 Å². The van der Waals surface area contributed by atoms with E-state index in [0.29, 0.717) is 13.2 Å². The maximum absolute atomic E-state index is 10.7. The average molecular weight is 281 g/mol. The Bertz CT molecular complexity index is 354. The molecule has 1 rings (SSSR count). The zero-order chi connectivity index (χ0) is 14.8. The van der Waals surface area contributed by atoms with Crippen molar-refractivity contribution in [3.8, 4) is 0 Å². The fourth-order valence-electron chi connectivity index (χ4n) is 2.25. The van der Waals surface area contributed by atoms with E-state index in [4.69, 9.17) is 9.47 Å². The van der Waals surface area contributed by atoms with Crippen LogP contribution in [0.5, 0.6) is 0 Å². The van der Waals surface area contributed by atoms with Crippen LogP contribution in [0.25, 0.3) is 0 Å². The molecule has 1 aromatic rings. The van der Waals surface area contributed by atoms with Crippen molar-refractivity contribution in [2.75, 3.05) is 47.1 Å². The van der Waals surface area contributed by atoms with Gasteiger partial charge in [-0.05, 0) is 18.9 Å². The maximum Gasteiger partial charge on any atom is 0.0994 e. The quantitative estimate of drug-likeness (QED) is 0.665. The van der Waals surface area contributed by atoms with E-state index in [1.807, 2.05) is 37.3 Å². The highest BCUT2D eigenvalue weighted by Gasteiger charge is 2.25. The molecule has 1 atom stereocenters. The Morgan fingerprint density at radius 2 is 1.70 bits per heavy atom. The third-order valence-corrected chi connectivity index (χ3v) is 3.36. The lowest BCUT2D eigenvalue weighted by Gasteiger charge is -2.32. The minimum atomic E-state index is -0.859. The van der Waals surface area contributed by atoms with E-state index in [2.05, 4.69) is 4.90 Å². The van der Waals surface area contributed by atoms with Crippen LogP contribution < -0.4 is 0 Å². The van der Waals surface area contributed by atoms with Crippen LogP contribution in [0, 0.1) is 0 Å². The van der Waals surface area contributed by atoms with E-state index in [-0.39, 0.29) is 0 Å². The van der Waals surface area contributed by atoms with Crippen molar-refractivity contribution in [2.24, 2.45) is 0 Å². The molecule has 1 N–H and O–H groups in total. The maximum atomic E-state index is 10.7. The summed E-state index contributed by atoms with van der Waals surface area (Å²) in [6.07, 6.45) is 0.949. The molecule has 114 valence electrons. The summed E-state index contributed by atoms with van der Waals surface area (Å²) in [4.78, 5) is 2.22. The summed E-state index contributed by atoms with van der Waals surface area (Å²) in [5, 5.41) is 10.7. The smallest absolute Gasteiger partial charge is 0.0994 e. The highest BCUT2D eigenvalue weighted by molar-refractivity contribution is 5.21. The predicted octanol–water partition coefficient (Wildman–Crippen LogP) is 1.88. The van der Waals surface area contributed by atoms with Crippen LogP contribution in [0.4, 0.5) is 0 Å². The van der Waals surface area contributed by atoms with Crippen LogP contribution in [0.2, 0.25) is 0 Å². The lowest BCUT2D eigenvalue weighted by molar-refractivity contribution is 0.00678. The van der Waals surface area contributed by atoms with Gasteiger partial charge in [0.1, 0.15) is 0 Å². The Kier molecular flexibility index (Phi) is 7.77. The van der Waals surface area contributed by atoms with Gasteiger partial charge in [-0.1, -0.05) is 30.3 Å². The molecule has 4 heteroatoms. The number of hydrogen-bond donors (Lipinski definition) is 1. The van der Waals surface area contributed by atoms with Gasteiger partial charge >= 0.3 is 0 Å². The van der Waals surface area contributed by atoms with Crippen molar-refractivity contribution in [2.45, 2.75) is 18.9 Å². The molecule has 0 fully saturated rings. The molecule has 0 aliphatic rings. The van der Waals surface area contributed by atoms with Crippen LogP contribution in [-0.4, -0.2) is 57.1 Å². The highest BCUT2D eigenvalue weighted by Crippen LogP contribution is 2.21. The molecule has 0 aliphatic carbocycles. The average Bonchev–Trinajstić information content (AvgIpc) is 2.45. The number of methoxy groups -OCH3 is 2. The van der Waals surface area contributed by atoms with E-state index < -0.39 is 5.60 Å². The number of nitrogens with zero attached hydrogens (tertiary/aromatic N) is 1. The minimum absolute atomic E-state index is 0.587. The molecule has 0 aromatic heterocycles. The summed E-state index contributed by atoms with van der Waals surface area (Å²) in [5.41, 5.74) is 0.0800. The first kappa shape index (κ1) is 17.1. The van der Waals surface area contributed by atoms with Gasteiger partial charge in [-0.2, -0.15) is 0 Å². The molecule has 20 heavy (non-hydrogen) atoms. The first-order chi connectivity index (χ1) is 9.60. The monoisotopic (exact) mass is 281 g/mol. The SMILES string of the molecule is COCCCN(CCOC)CC(C)(O)c1ccccc1. The Labute approximate surface area is 122 Å². The van der Waals surface area contributed by atoms with E-state index in [1.54, 1.807) is 14.2 Å². The minimum Gasteiger partial charge on any atom is -0.385 e. The Morgan fingerprint density at radius 3 is 2.30 bits per heavy atom. The molecule has 0 aliphatic heterocycles. The van der Waals surface area contributed by atoms with Crippen LogP contribution in [0.1, 0.15) is 18.9 Å². The number of rotatable bonds is 10. The highest BCUT2D eigenvalue weighted by atomic mass is 16.5. The zero-order valence-corrected chi connectivity index (χ0v) is 12.8. The van der Waals surface area contributed by atoms with E-state index >= 15 is 0 Å². The molecule has 0 saturated heterocycles. The van der Waals surface area contributed by atoms with Crippen LogP contribution >= 0.6 is 0 Å². The molecule has 0 spiro atoms. The van der Waals surface area contributed by atoms with Crippen molar-refractivity contribution in [3.63, 3.8) is 0 Å². The van der Waals surface area contributed by atoms with Crippen molar-refractivity contribution < 1.29 is 14.6 Å². The second-order valence-corrected chi connectivity index (χ2v) is 5.26. The van der Waals surface area contributed by atoms with Crippen molar-refractivity contribution >= 4 is 0 Å². The molecular formula is C16H27NO3. The summed E-state index contributed by atoms with van der Waals surface area (Å²) in [7, 11) is 3.41. The van der Waals surface area contributed by atoms with Crippen molar-refractivity contribution in [3.05, 3.63) is 35.9 Å². The van der Waals surface area contributed by atoms with Gasteiger partial charge in [0, 0.05) is 40.5 Å². The first-order valence-electron chi connectivity index (χ1n) is 7.08. The number of aliphatic hydroxyl groups is 1. The second-order valence-electron chi connectivity index (χ2n) is 5.26. The molecule has 1 aromatic carbocycles. The molecule has 0 heterocycles. The van der Waals surface area contributed by atoms with E-state index in [1.165, 1.54) is 0 Å². The number of benzene rings is 1. The van der Waals surface area contributed by atoms with Gasteiger partial charge in [-0.15, -0.1) is 0 Å². The normalized spacial score (nSPS) is 14.4. The lowest BCUT2D eigenvalue weighted by atomic mass is 9.95. The summed E-state index contributed by atoms with van der Waals surface area (Å²) >= 11 is 0. The molecule has 4 nitrogen and oxygen atoms in total. The van der Waals surface area contributed by atoms with Gasteiger partial charge in [-0.3, -0.25) is 4.90 Å². The van der Waals surface area contributed by atoms with E-state index in [9.17, 15) is 5.11 Å². The molecule has 0 saturated carbocycles. The summed E-state index contributed by atoms with van der Waals surface area (Å²) in [6, 6.07) is 9.79. The first-order valence-corrected chi connectivity index (χ1v) is 7.08. The van der Waals surface area contributed by atoms with Crippen molar-refractivity contribution in [1.82, 2.24) is 4.90 Å². The fourth-order valence-corrected chi connectivity index (χ4v) is 2.25. The largest absolute Gasteiger partial charge is 0.385 e. The molecule has 0 radical (unpaired) electrons. The summed E-state index contributed by atoms with van der Waals surface area (Å²) < 4.78 is 10.2. The molecule has 1 unspecified atom stereocenters. The van der Waals surface area contributed by atoms with Gasteiger partial charge in [0.25, 0.3) is 0 Å². The predicted molar refractivity (Wildman–Crippen MR) is 80.8 cm³/mol. The van der Waals surface area contributed by atoms with Gasteiger partial charge in [0.2, 0.25) is 0 Å².